The van der Waals surface area contributed by atoms with E-state index in [0.717, 1.165) is 25.7 Å². The highest BCUT2D eigenvalue weighted by Gasteiger charge is 2.40. The molecule has 2 nitrogen and oxygen atoms in total. The normalized spacial score (nSPS) is 20.2. The molecular weight excluding hydrogens is 212 g/mol. The van der Waals surface area contributed by atoms with Gasteiger partial charge < -0.3 is 4.74 Å². The third-order valence-electron chi connectivity index (χ3n) is 3.10. The summed E-state index contributed by atoms with van der Waals surface area (Å²) < 4.78 is 5.55. The first kappa shape index (κ1) is 14.0. The molecule has 2 heteroatoms. The van der Waals surface area contributed by atoms with Crippen molar-refractivity contribution in [3.63, 3.8) is 0 Å². The number of carbonyl (C=O) groups is 1. The van der Waals surface area contributed by atoms with Gasteiger partial charge in [-0.1, -0.05) is 44.1 Å². The van der Waals surface area contributed by atoms with E-state index < -0.39 is 11.0 Å². The zero-order chi connectivity index (χ0) is 12.9. The quantitative estimate of drug-likeness (QED) is 0.546. The summed E-state index contributed by atoms with van der Waals surface area (Å²) in [6, 6.07) is 0. The predicted octanol–water partition coefficient (Wildman–Crippen LogP) is 4.02. The van der Waals surface area contributed by atoms with Gasteiger partial charge in [-0.15, -0.1) is 0 Å². The van der Waals surface area contributed by atoms with Crippen molar-refractivity contribution in [2.45, 2.75) is 58.5 Å². The molecule has 0 aromatic heterocycles. The molecule has 1 aliphatic rings. The van der Waals surface area contributed by atoms with Gasteiger partial charge in [-0.3, -0.25) is 4.79 Å². The van der Waals surface area contributed by atoms with Gasteiger partial charge >= 0.3 is 5.97 Å². The van der Waals surface area contributed by atoms with Crippen molar-refractivity contribution in [3.8, 4) is 0 Å². The third-order valence-corrected chi connectivity index (χ3v) is 3.10. The van der Waals surface area contributed by atoms with E-state index >= 15 is 0 Å². The van der Waals surface area contributed by atoms with Gasteiger partial charge in [-0.05, 0) is 33.6 Å². The largest absolute Gasteiger partial charge is 0.459 e. The monoisotopic (exact) mass is 236 g/mol. The number of hydrogen-bond acceptors (Lipinski definition) is 2. The SMILES string of the molecule is C=CC=CC1(C(=O)OC(C)(C)C)CCCCC1. The molecule has 1 saturated carbocycles. The third kappa shape index (κ3) is 4.03. The summed E-state index contributed by atoms with van der Waals surface area (Å²) in [7, 11) is 0. The average Bonchev–Trinajstić information content (AvgIpc) is 2.25. The number of esters is 1. The predicted molar refractivity (Wildman–Crippen MR) is 70.7 cm³/mol. The molecule has 0 spiro atoms. The van der Waals surface area contributed by atoms with E-state index in [1.54, 1.807) is 6.08 Å². The molecule has 96 valence electrons. The van der Waals surface area contributed by atoms with Gasteiger partial charge in [-0.25, -0.2) is 0 Å². The molecule has 1 aliphatic carbocycles. The van der Waals surface area contributed by atoms with Crippen LogP contribution in [0.4, 0.5) is 0 Å². The van der Waals surface area contributed by atoms with E-state index in [2.05, 4.69) is 6.58 Å². The molecule has 0 N–H and O–H groups in total. The van der Waals surface area contributed by atoms with Crippen LogP contribution in [0.15, 0.2) is 24.8 Å². The van der Waals surface area contributed by atoms with Crippen LogP contribution in [0.1, 0.15) is 52.9 Å². The fraction of sp³-hybridized carbons (Fsp3) is 0.667. The van der Waals surface area contributed by atoms with Crippen LogP contribution in [-0.2, 0) is 9.53 Å². The van der Waals surface area contributed by atoms with Crippen molar-refractivity contribution in [3.05, 3.63) is 24.8 Å². The van der Waals surface area contributed by atoms with Crippen LogP contribution < -0.4 is 0 Å². The van der Waals surface area contributed by atoms with E-state index in [4.69, 9.17) is 4.74 Å². The Kier molecular flexibility index (Phi) is 4.55. The fourth-order valence-electron chi connectivity index (χ4n) is 2.25. The van der Waals surface area contributed by atoms with Gasteiger partial charge in [0.15, 0.2) is 0 Å². The van der Waals surface area contributed by atoms with Crippen LogP contribution in [0.3, 0.4) is 0 Å². The lowest BCUT2D eigenvalue weighted by molar-refractivity contribution is -0.166. The van der Waals surface area contributed by atoms with Crippen LogP contribution in [0, 0.1) is 5.41 Å². The summed E-state index contributed by atoms with van der Waals surface area (Å²) in [6.07, 6.45) is 10.8. The maximum atomic E-state index is 12.3. The summed E-state index contributed by atoms with van der Waals surface area (Å²) in [5.41, 5.74) is -0.830. The van der Waals surface area contributed by atoms with E-state index in [1.807, 2.05) is 32.9 Å². The zero-order valence-electron chi connectivity index (χ0n) is 11.3. The topological polar surface area (TPSA) is 26.3 Å². The molecule has 0 aliphatic heterocycles. The number of allylic oxidation sites excluding steroid dienone is 2. The molecule has 1 fully saturated rings. The van der Waals surface area contributed by atoms with Gasteiger partial charge in [0.05, 0.1) is 5.41 Å². The highest BCUT2D eigenvalue weighted by atomic mass is 16.6. The smallest absolute Gasteiger partial charge is 0.316 e. The summed E-state index contributed by atoms with van der Waals surface area (Å²) in [5.74, 6) is -0.0807. The number of carbonyl (C=O) groups excluding carboxylic acids is 1. The maximum absolute atomic E-state index is 12.3. The highest BCUT2D eigenvalue weighted by Crippen LogP contribution is 2.39. The van der Waals surface area contributed by atoms with E-state index in [-0.39, 0.29) is 5.97 Å². The van der Waals surface area contributed by atoms with Gasteiger partial charge in [0.25, 0.3) is 0 Å². The van der Waals surface area contributed by atoms with Crippen LogP contribution >= 0.6 is 0 Å². The summed E-state index contributed by atoms with van der Waals surface area (Å²) in [4.78, 5) is 12.3. The molecule has 0 amide bonds. The molecular formula is C15H24O2. The lowest BCUT2D eigenvalue weighted by Gasteiger charge is -2.35. The minimum atomic E-state index is -0.417. The van der Waals surface area contributed by atoms with Crippen LogP contribution in [0.5, 0.6) is 0 Å². The lowest BCUT2D eigenvalue weighted by atomic mass is 9.73. The zero-order valence-corrected chi connectivity index (χ0v) is 11.3. The Labute approximate surface area is 105 Å². The number of hydrogen-bond donors (Lipinski definition) is 0. The van der Waals surface area contributed by atoms with Crippen molar-refractivity contribution < 1.29 is 9.53 Å². The second kappa shape index (κ2) is 5.52. The molecule has 0 unspecified atom stereocenters. The summed E-state index contributed by atoms with van der Waals surface area (Å²) in [5, 5.41) is 0. The molecule has 0 atom stereocenters. The van der Waals surface area contributed by atoms with Crippen molar-refractivity contribution in [1.82, 2.24) is 0 Å². The number of ether oxygens (including phenoxy) is 1. The molecule has 1 rings (SSSR count). The minimum Gasteiger partial charge on any atom is -0.459 e. The molecule has 0 bridgehead atoms. The van der Waals surface area contributed by atoms with Crippen molar-refractivity contribution in [1.29, 1.82) is 0 Å². The van der Waals surface area contributed by atoms with Crippen LogP contribution in [0.25, 0.3) is 0 Å². The van der Waals surface area contributed by atoms with Crippen molar-refractivity contribution in [2.24, 2.45) is 5.41 Å². The molecule has 0 radical (unpaired) electrons. The van der Waals surface area contributed by atoms with Gasteiger partial charge in [-0.2, -0.15) is 0 Å². The average molecular weight is 236 g/mol. The van der Waals surface area contributed by atoms with Crippen LogP contribution in [-0.4, -0.2) is 11.6 Å². The molecule has 0 aromatic rings. The molecule has 17 heavy (non-hydrogen) atoms. The van der Waals surface area contributed by atoms with Crippen molar-refractivity contribution >= 4 is 5.97 Å². The Balaban J connectivity index is 2.85. The number of rotatable bonds is 3. The highest BCUT2D eigenvalue weighted by molar-refractivity contribution is 5.79. The lowest BCUT2D eigenvalue weighted by Crippen LogP contribution is -2.38. The Morgan fingerprint density at radius 3 is 2.29 bits per heavy atom. The Hall–Kier alpha value is -1.05. The first-order chi connectivity index (χ1) is 7.90. The minimum absolute atomic E-state index is 0.0807. The van der Waals surface area contributed by atoms with Gasteiger partial charge in [0, 0.05) is 0 Å². The summed E-state index contributed by atoms with van der Waals surface area (Å²) in [6.45, 7) is 9.42. The second-order valence-electron chi connectivity index (χ2n) is 5.81. The standard InChI is InChI=1S/C15H24O2/c1-5-6-10-15(11-8-7-9-12-15)13(16)17-14(2,3)4/h5-6,10H,1,7-9,11-12H2,2-4H3. The van der Waals surface area contributed by atoms with Gasteiger partial charge in [0.2, 0.25) is 0 Å². The van der Waals surface area contributed by atoms with E-state index in [0.29, 0.717) is 0 Å². The molecule has 0 heterocycles. The second-order valence-corrected chi connectivity index (χ2v) is 5.81. The molecule has 0 saturated heterocycles. The fourth-order valence-corrected chi connectivity index (χ4v) is 2.25. The Morgan fingerprint density at radius 1 is 1.24 bits per heavy atom. The van der Waals surface area contributed by atoms with E-state index in [1.165, 1.54) is 6.42 Å². The molecule has 0 aromatic carbocycles. The Morgan fingerprint density at radius 2 is 1.82 bits per heavy atom. The first-order valence-corrected chi connectivity index (χ1v) is 6.43. The Bertz CT molecular complexity index is 301. The summed E-state index contributed by atoms with van der Waals surface area (Å²) >= 11 is 0. The first-order valence-electron chi connectivity index (χ1n) is 6.43. The van der Waals surface area contributed by atoms with Gasteiger partial charge in [0.1, 0.15) is 5.60 Å². The maximum Gasteiger partial charge on any atom is 0.316 e. The van der Waals surface area contributed by atoms with Crippen LogP contribution in [0.2, 0.25) is 0 Å². The van der Waals surface area contributed by atoms with Crippen molar-refractivity contribution in [2.75, 3.05) is 0 Å². The van der Waals surface area contributed by atoms with E-state index in [9.17, 15) is 4.79 Å².